The second-order valence-electron chi connectivity index (χ2n) is 31.7. The minimum atomic E-state index is -1.16. The van der Waals surface area contributed by atoms with Crippen LogP contribution < -0.4 is 5.73 Å². The number of fused-ring (bicyclic) bond motifs is 11. The Morgan fingerprint density at radius 3 is 2.42 bits per heavy atom. The van der Waals surface area contributed by atoms with E-state index in [0.29, 0.717) is 100 Å². The van der Waals surface area contributed by atoms with E-state index in [2.05, 4.69) is 52.3 Å². The van der Waals surface area contributed by atoms with Gasteiger partial charge in [-0.1, -0.05) is 105 Å². The molecule has 7 aliphatic heterocycles. The second-order valence-corrected chi connectivity index (χ2v) is 31.7. The summed E-state index contributed by atoms with van der Waals surface area (Å²) in [5.74, 6) is 4.35. The molecule has 3 N–H and O–H groups in total. The van der Waals surface area contributed by atoms with Crippen LogP contribution in [-0.4, -0.2) is 64.6 Å². The van der Waals surface area contributed by atoms with Crippen molar-refractivity contribution in [1.82, 2.24) is 9.80 Å². The van der Waals surface area contributed by atoms with Crippen LogP contribution in [0.5, 0.6) is 0 Å². The standard InChI is InChI=1S/C72H91N3O5/c73-33-10-16-42-14-9-18-53-58(42)65(77)80-72(53)56-36-43(41-12-2-1-3-13-41)19-21-50-49-17-8-15-44-34-45-20-23-54-46-35-47-40-75(54)62(45)59(57(44)49)51-25-32-70(72)64(79-66(78)71(56,70)60(50)51)63(76)52-22-24-55(47)74(39-46)61(52)48-37-68(28-6-7-29-68)69(38-48)31-11-30-67(69)26-4-5-27-67/h8-9,14,17-19,21,41,43-44,46-50,52,54-57,59,61,76H,1-7,10-13,15-16,20,22-40,73H2/b21-19-,64-63+/t43-,44+,46+,47+,48+,49+,50-,52-,54-,55-,56+,57+,59+,61+,69-,70-,71-,72-/m1/s1. The molecule has 10 fully saturated rings. The molecular formula is C72H91N3O5. The average molecular weight is 1080 g/mol. The maximum absolute atomic E-state index is 17.1. The summed E-state index contributed by atoms with van der Waals surface area (Å²) in [6.07, 6.45) is 47.0. The van der Waals surface area contributed by atoms with Gasteiger partial charge in [0.05, 0.1) is 11.0 Å². The number of carbonyl (C=O) groups is 2. The first-order valence-corrected chi connectivity index (χ1v) is 34.3. The fraction of sp³-hybridized carbons (Fsp3) is 0.750. The Morgan fingerprint density at radius 1 is 0.750 bits per heavy atom. The number of allylic oxidation sites excluding steroid dienone is 6. The third-order valence-corrected chi connectivity index (χ3v) is 30.0. The summed E-state index contributed by atoms with van der Waals surface area (Å²) < 4.78 is 15.2. The summed E-state index contributed by atoms with van der Waals surface area (Å²) in [6, 6.07) is 7.82. The highest BCUT2D eigenvalue weighted by Crippen LogP contribution is 2.89. The van der Waals surface area contributed by atoms with E-state index < -0.39 is 16.4 Å². The van der Waals surface area contributed by atoms with Crippen LogP contribution in [-0.2, 0) is 26.3 Å². The van der Waals surface area contributed by atoms with E-state index >= 15 is 9.59 Å². The number of hydrogen-bond acceptors (Lipinski definition) is 8. The zero-order valence-electron chi connectivity index (χ0n) is 48.1. The monoisotopic (exact) mass is 1080 g/mol. The fourth-order valence-corrected chi connectivity index (χ4v) is 28.1. The van der Waals surface area contributed by atoms with E-state index in [4.69, 9.17) is 15.2 Å². The number of aryl methyl sites for hydroxylation is 1. The third kappa shape index (κ3) is 5.48. The van der Waals surface area contributed by atoms with Crippen LogP contribution in [0.15, 0.2) is 76.4 Å². The number of rotatable bonds is 5. The molecule has 8 heteroatoms. The maximum Gasteiger partial charge on any atom is 0.339 e. The van der Waals surface area contributed by atoms with Gasteiger partial charge >= 0.3 is 11.9 Å². The molecule has 4 saturated heterocycles. The molecule has 1 aromatic carbocycles. The summed E-state index contributed by atoms with van der Waals surface area (Å²) in [7, 11) is 0. The second kappa shape index (κ2) is 16.6. The number of esters is 2. The lowest BCUT2D eigenvalue weighted by atomic mass is 9.27. The van der Waals surface area contributed by atoms with Crippen LogP contribution in [0.2, 0.25) is 0 Å². The topological polar surface area (TPSA) is 105 Å². The van der Waals surface area contributed by atoms with Crippen LogP contribution in [0.1, 0.15) is 208 Å². The molecule has 7 bridgehead atoms. The van der Waals surface area contributed by atoms with Gasteiger partial charge in [-0.2, -0.15) is 0 Å². The van der Waals surface area contributed by atoms with Crippen molar-refractivity contribution < 1.29 is 24.2 Å². The summed E-state index contributed by atoms with van der Waals surface area (Å²) in [6.45, 7) is 2.87. The summed E-state index contributed by atoms with van der Waals surface area (Å²) in [4.78, 5) is 39.0. The zero-order valence-corrected chi connectivity index (χ0v) is 48.1. The molecule has 18 atom stereocenters. The molecule has 0 radical (unpaired) electrons. The lowest BCUT2D eigenvalue weighted by Crippen LogP contribution is -2.78. The highest BCUT2D eigenvalue weighted by atomic mass is 16.6. The first-order valence-electron chi connectivity index (χ1n) is 34.3. The van der Waals surface area contributed by atoms with Crippen molar-refractivity contribution in [3.05, 3.63) is 93.1 Å². The fourth-order valence-electron chi connectivity index (χ4n) is 28.1. The number of benzene rings is 1. The van der Waals surface area contributed by atoms with Crippen molar-refractivity contribution in [3.63, 3.8) is 0 Å². The summed E-state index contributed by atoms with van der Waals surface area (Å²) in [5, 5.41) is 14.7. The molecule has 6 saturated carbocycles. The Balaban J connectivity index is 0.891. The van der Waals surface area contributed by atoms with E-state index in [1.807, 2.05) is 0 Å². The van der Waals surface area contributed by atoms with Gasteiger partial charge < -0.3 is 25.2 Å². The first kappa shape index (κ1) is 48.7. The molecule has 19 rings (SSSR count). The van der Waals surface area contributed by atoms with Crippen molar-refractivity contribution >= 4 is 11.9 Å². The summed E-state index contributed by atoms with van der Waals surface area (Å²) in [5.41, 5.74) is 13.4. The van der Waals surface area contributed by atoms with Gasteiger partial charge in [0.15, 0.2) is 11.4 Å². The van der Waals surface area contributed by atoms with Crippen LogP contribution in [0, 0.1) is 98.1 Å². The molecule has 0 amide bonds. The van der Waals surface area contributed by atoms with Gasteiger partial charge in [0, 0.05) is 66.1 Å². The van der Waals surface area contributed by atoms with E-state index in [0.717, 1.165) is 56.2 Å². The van der Waals surface area contributed by atoms with Crippen LogP contribution >= 0.6 is 0 Å². The summed E-state index contributed by atoms with van der Waals surface area (Å²) >= 11 is 0. The molecule has 8 nitrogen and oxygen atoms in total. The molecule has 18 aliphatic rings. The third-order valence-electron chi connectivity index (χ3n) is 30.0. The Kier molecular flexibility index (Phi) is 10.1. The van der Waals surface area contributed by atoms with Gasteiger partial charge in [-0.3, -0.25) is 9.69 Å². The van der Waals surface area contributed by atoms with Crippen LogP contribution in [0.4, 0.5) is 0 Å². The minimum absolute atomic E-state index is 0.0539. The molecule has 80 heavy (non-hydrogen) atoms. The normalized spacial score (nSPS) is 49.3. The molecule has 424 valence electrons. The van der Waals surface area contributed by atoms with E-state index in [1.165, 1.54) is 153 Å². The van der Waals surface area contributed by atoms with Crippen LogP contribution in [0.3, 0.4) is 0 Å². The number of ether oxygens (including phenoxy) is 2. The van der Waals surface area contributed by atoms with Crippen molar-refractivity contribution in [1.29, 1.82) is 0 Å². The quantitative estimate of drug-likeness (QED) is 0.222. The lowest BCUT2D eigenvalue weighted by molar-refractivity contribution is -0.283. The van der Waals surface area contributed by atoms with Gasteiger partial charge in [0.2, 0.25) is 0 Å². The van der Waals surface area contributed by atoms with Gasteiger partial charge in [-0.05, 0) is 223 Å². The van der Waals surface area contributed by atoms with Gasteiger partial charge in [-0.15, -0.1) is 0 Å². The van der Waals surface area contributed by atoms with E-state index in [-0.39, 0.29) is 53.5 Å². The average Bonchev–Trinajstić information content (AvgIpc) is 1.57. The van der Waals surface area contributed by atoms with Crippen molar-refractivity contribution in [2.75, 3.05) is 19.6 Å². The smallest absolute Gasteiger partial charge is 0.339 e. The molecular weight excluding hydrogens is 987 g/mol. The molecule has 6 spiro atoms. The number of nitrogens with two attached hydrogens (primary N) is 1. The zero-order chi connectivity index (χ0) is 52.9. The maximum atomic E-state index is 17.1. The predicted molar refractivity (Wildman–Crippen MR) is 307 cm³/mol. The SMILES string of the molecule is NCCCc1cccc2c1C(=O)O[C@@]21[C@H]2C[C@H](C3CCCCC3)/C=C\[C@H]3C4=C5CC[C@]16/C(=C(\O)[C@@H]1CC[C@@H]7[C@H]8C[C@@H](CN7[C@H]1[C@H]1CC7(CCCC7)[C@]7(CCCC79CCCC9)C1)[C@H]1CCC7=C([C@@H]5[C@H]5[C@@H](CC=C[C@H]53)C7)N1C8)OC(=O)[C@]426. The molecule has 1 aromatic rings. The first-order chi connectivity index (χ1) is 39.2. The molecule has 0 unspecified atom stereocenters. The Hall–Kier alpha value is -3.62. The Labute approximate surface area is 476 Å². The number of hydrogen-bond donors (Lipinski definition) is 2. The number of aliphatic hydroxyl groups excluding tert-OH is 1. The number of nitrogens with zero attached hydrogens (tertiary/aromatic N) is 2. The molecule has 11 aliphatic carbocycles. The number of carbonyl (C=O) groups excluding carboxylic acids is 2. The highest BCUT2D eigenvalue weighted by molar-refractivity contribution is 6.00. The minimum Gasteiger partial charge on any atom is -0.508 e. The van der Waals surface area contributed by atoms with Crippen molar-refractivity contribution in [3.8, 4) is 0 Å². The predicted octanol–water partition coefficient (Wildman–Crippen LogP) is 14.1. The van der Waals surface area contributed by atoms with E-state index in [1.54, 1.807) is 16.8 Å². The van der Waals surface area contributed by atoms with Gasteiger partial charge in [-0.25, -0.2) is 4.79 Å². The van der Waals surface area contributed by atoms with Crippen LogP contribution in [0.25, 0.3) is 0 Å². The largest absolute Gasteiger partial charge is 0.508 e. The Bertz CT molecular complexity index is 3050. The van der Waals surface area contributed by atoms with Gasteiger partial charge in [0.1, 0.15) is 11.2 Å². The van der Waals surface area contributed by atoms with E-state index in [9.17, 15) is 5.11 Å². The highest BCUT2D eigenvalue weighted by Gasteiger charge is 2.94. The number of aliphatic hydroxyl groups is 1. The van der Waals surface area contributed by atoms with Crippen molar-refractivity contribution in [2.45, 2.75) is 216 Å². The molecule has 0 aromatic heterocycles. The Morgan fingerprint density at radius 2 is 1.57 bits per heavy atom. The lowest BCUT2D eigenvalue weighted by Gasteiger charge is -2.73. The van der Waals surface area contributed by atoms with Crippen molar-refractivity contribution in [2.24, 2.45) is 104 Å². The van der Waals surface area contributed by atoms with Gasteiger partial charge in [0.25, 0.3) is 0 Å². The number of piperidine rings is 3. The molecule has 7 heterocycles.